The fourth-order valence-electron chi connectivity index (χ4n) is 4.02. The summed E-state index contributed by atoms with van der Waals surface area (Å²) in [6, 6.07) is 12.8. The molecule has 0 spiro atoms. The Labute approximate surface area is 216 Å². The Kier molecular flexibility index (Phi) is 13.4. The topological polar surface area (TPSA) is 61.8 Å². The van der Waals surface area contributed by atoms with E-state index in [9.17, 15) is 0 Å². The maximum atomic E-state index is 6.13. The second-order valence-electron chi connectivity index (χ2n) is 8.43. The highest BCUT2D eigenvalue weighted by atomic mass is 127. The van der Waals surface area contributed by atoms with Crippen LogP contribution in [0.3, 0.4) is 0 Å². The van der Waals surface area contributed by atoms with Gasteiger partial charge < -0.3 is 15.4 Å². The molecule has 1 fully saturated rings. The SMILES string of the molecule is CCNC(=NCCCOC1CCN(Cc2ccccc2)CC1)NCCc1ccncc1C.I. The molecule has 1 saturated heterocycles. The Balaban J connectivity index is 0.00000385. The third kappa shape index (κ3) is 10.4. The molecule has 7 heteroatoms. The lowest BCUT2D eigenvalue weighted by Gasteiger charge is -2.31. The zero-order valence-electron chi connectivity index (χ0n) is 20.1. The van der Waals surface area contributed by atoms with E-state index in [1.165, 1.54) is 16.7 Å². The van der Waals surface area contributed by atoms with Crippen LogP contribution in [0.1, 0.15) is 42.9 Å². The van der Waals surface area contributed by atoms with Gasteiger partial charge in [-0.15, -0.1) is 24.0 Å². The second kappa shape index (κ2) is 16.0. The van der Waals surface area contributed by atoms with Crippen molar-refractivity contribution in [3.05, 3.63) is 65.5 Å². The normalized spacial score (nSPS) is 15.2. The van der Waals surface area contributed by atoms with Gasteiger partial charge in [0.05, 0.1) is 6.10 Å². The molecule has 2 heterocycles. The van der Waals surface area contributed by atoms with E-state index in [0.717, 1.165) is 77.5 Å². The number of aryl methyl sites for hydroxylation is 1. The Bertz CT molecular complexity index is 809. The number of nitrogens with zero attached hydrogens (tertiary/aromatic N) is 3. The van der Waals surface area contributed by atoms with Crippen molar-refractivity contribution in [2.24, 2.45) is 4.99 Å². The first-order valence-electron chi connectivity index (χ1n) is 12.0. The number of piperidine rings is 1. The van der Waals surface area contributed by atoms with Crippen LogP contribution in [0.25, 0.3) is 0 Å². The number of pyridine rings is 1. The van der Waals surface area contributed by atoms with Gasteiger partial charge in [0, 0.05) is 58.3 Å². The molecule has 1 aliphatic rings. The molecule has 0 atom stereocenters. The minimum atomic E-state index is 0. The second-order valence-corrected chi connectivity index (χ2v) is 8.43. The van der Waals surface area contributed by atoms with E-state index in [2.05, 4.69) is 70.8 Å². The molecule has 0 aliphatic carbocycles. The molecule has 1 aliphatic heterocycles. The smallest absolute Gasteiger partial charge is 0.191 e. The largest absolute Gasteiger partial charge is 0.378 e. The summed E-state index contributed by atoms with van der Waals surface area (Å²) in [5, 5.41) is 6.76. The first kappa shape index (κ1) is 27.5. The number of aliphatic imine (C=N–C) groups is 1. The maximum Gasteiger partial charge on any atom is 0.191 e. The van der Waals surface area contributed by atoms with Gasteiger partial charge in [0.15, 0.2) is 5.96 Å². The fraction of sp³-hybridized carbons (Fsp3) is 0.538. The Hall–Kier alpha value is -1.71. The summed E-state index contributed by atoms with van der Waals surface area (Å²) in [7, 11) is 0. The monoisotopic (exact) mass is 565 g/mol. The van der Waals surface area contributed by atoms with Crippen molar-refractivity contribution in [2.75, 3.05) is 39.3 Å². The first-order chi connectivity index (χ1) is 15.7. The number of likely N-dealkylation sites (tertiary alicyclic amines) is 1. The van der Waals surface area contributed by atoms with Crippen LogP contribution in [0.5, 0.6) is 0 Å². The number of hydrogen-bond donors (Lipinski definition) is 2. The summed E-state index contributed by atoms with van der Waals surface area (Å²) in [6.45, 7) is 10.7. The van der Waals surface area contributed by atoms with Gasteiger partial charge in [-0.1, -0.05) is 30.3 Å². The van der Waals surface area contributed by atoms with Gasteiger partial charge in [-0.25, -0.2) is 0 Å². The zero-order chi connectivity index (χ0) is 22.4. The van der Waals surface area contributed by atoms with E-state index < -0.39 is 0 Å². The molecule has 0 amide bonds. The molecule has 0 bridgehead atoms. The number of aromatic nitrogens is 1. The summed E-state index contributed by atoms with van der Waals surface area (Å²) < 4.78 is 6.13. The Morgan fingerprint density at radius 1 is 1.15 bits per heavy atom. The van der Waals surface area contributed by atoms with Gasteiger partial charge >= 0.3 is 0 Å². The molecule has 2 aromatic rings. The third-order valence-electron chi connectivity index (χ3n) is 5.88. The lowest BCUT2D eigenvalue weighted by molar-refractivity contribution is 0.00566. The summed E-state index contributed by atoms with van der Waals surface area (Å²) in [5.41, 5.74) is 3.96. The van der Waals surface area contributed by atoms with Crippen molar-refractivity contribution in [1.82, 2.24) is 20.5 Å². The van der Waals surface area contributed by atoms with E-state index >= 15 is 0 Å². The van der Waals surface area contributed by atoms with Crippen LogP contribution >= 0.6 is 24.0 Å². The van der Waals surface area contributed by atoms with Gasteiger partial charge in [-0.05, 0) is 62.3 Å². The number of ether oxygens (including phenoxy) is 1. The van der Waals surface area contributed by atoms with E-state index in [4.69, 9.17) is 9.73 Å². The van der Waals surface area contributed by atoms with E-state index in [-0.39, 0.29) is 24.0 Å². The average molecular weight is 566 g/mol. The summed E-state index contributed by atoms with van der Waals surface area (Å²) in [6.07, 6.45) is 8.32. The molecular formula is C26H40IN5O. The van der Waals surface area contributed by atoms with Crippen molar-refractivity contribution < 1.29 is 4.74 Å². The van der Waals surface area contributed by atoms with Crippen LogP contribution < -0.4 is 10.6 Å². The minimum absolute atomic E-state index is 0. The maximum absolute atomic E-state index is 6.13. The van der Waals surface area contributed by atoms with Crippen LogP contribution in [0.2, 0.25) is 0 Å². The number of benzene rings is 1. The molecule has 0 unspecified atom stereocenters. The number of rotatable bonds is 11. The summed E-state index contributed by atoms with van der Waals surface area (Å²) >= 11 is 0. The molecule has 0 radical (unpaired) electrons. The molecule has 0 saturated carbocycles. The molecule has 2 N–H and O–H groups in total. The molecule has 3 rings (SSSR count). The van der Waals surface area contributed by atoms with Crippen LogP contribution in [0.15, 0.2) is 53.8 Å². The molecule has 182 valence electrons. The number of halogens is 1. The van der Waals surface area contributed by atoms with Crippen LogP contribution in [-0.2, 0) is 17.7 Å². The first-order valence-corrected chi connectivity index (χ1v) is 12.0. The highest BCUT2D eigenvalue weighted by Crippen LogP contribution is 2.16. The fourth-order valence-corrected chi connectivity index (χ4v) is 4.02. The average Bonchev–Trinajstić information content (AvgIpc) is 2.82. The lowest BCUT2D eigenvalue weighted by atomic mass is 10.1. The highest BCUT2D eigenvalue weighted by molar-refractivity contribution is 14.0. The predicted molar refractivity (Wildman–Crippen MR) is 147 cm³/mol. The van der Waals surface area contributed by atoms with E-state index in [0.29, 0.717) is 6.10 Å². The van der Waals surface area contributed by atoms with Crippen LogP contribution in [-0.4, -0.2) is 61.3 Å². The van der Waals surface area contributed by atoms with Crippen molar-refractivity contribution >= 4 is 29.9 Å². The van der Waals surface area contributed by atoms with Crippen LogP contribution in [0.4, 0.5) is 0 Å². The molecule has 6 nitrogen and oxygen atoms in total. The van der Waals surface area contributed by atoms with Gasteiger partial charge in [-0.2, -0.15) is 0 Å². The Morgan fingerprint density at radius 2 is 1.94 bits per heavy atom. The number of hydrogen-bond acceptors (Lipinski definition) is 4. The molecular weight excluding hydrogens is 525 g/mol. The molecule has 1 aromatic heterocycles. The highest BCUT2D eigenvalue weighted by Gasteiger charge is 2.19. The number of nitrogens with one attached hydrogen (secondary N) is 2. The standard InChI is InChI=1S/C26H39N5O.HI/c1-3-28-26(30-16-11-24-10-15-27-20-22(24)2)29-14-7-19-32-25-12-17-31(18-13-25)21-23-8-5-4-6-9-23;/h4-6,8-10,15,20,25H,3,7,11-14,16-19,21H2,1-2H3,(H2,28,29,30);1H. The minimum Gasteiger partial charge on any atom is -0.378 e. The van der Waals surface area contributed by atoms with Crippen molar-refractivity contribution in [2.45, 2.75) is 52.2 Å². The number of guanidine groups is 1. The van der Waals surface area contributed by atoms with Crippen LogP contribution in [0, 0.1) is 6.92 Å². The van der Waals surface area contributed by atoms with Gasteiger partial charge in [0.25, 0.3) is 0 Å². The quantitative estimate of drug-likeness (QED) is 0.185. The Morgan fingerprint density at radius 3 is 2.67 bits per heavy atom. The molecule has 1 aromatic carbocycles. The van der Waals surface area contributed by atoms with Crippen molar-refractivity contribution in [1.29, 1.82) is 0 Å². The predicted octanol–water partition coefficient (Wildman–Crippen LogP) is 4.18. The molecule has 33 heavy (non-hydrogen) atoms. The van der Waals surface area contributed by atoms with E-state index in [1.54, 1.807) is 0 Å². The van der Waals surface area contributed by atoms with Crippen molar-refractivity contribution in [3.8, 4) is 0 Å². The summed E-state index contributed by atoms with van der Waals surface area (Å²) in [4.78, 5) is 11.4. The van der Waals surface area contributed by atoms with E-state index in [1.807, 2.05) is 12.4 Å². The lowest BCUT2D eigenvalue weighted by Crippen LogP contribution is -2.38. The van der Waals surface area contributed by atoms with Gasteiger partial charge in [0.2, 0.25) is 0 Å². The van der Waals surface area contributed by atoms with Crippen molar-refractivity contribution in [3.63, 3.8) is 0 Å². The third-order valence-corrected chi connectivity index (χ3v) is 5.88. The summed E-state index contributed by atoms with van der Waals surface area (Å²) in [5.74, 6) is 0.883. The zero-order valence-corrected chi connectivity index (χ0v) is 22.5. The van der Waals surface area contributed by atoms with Gasteiger partial charge in [-0.3, -0.25) is 14.9 Å². The van der Waals surface area contributed by atoms with Gasteiger partial charge in [0.1, 0.15) is 0 Å².